The Morgan fingerprint density at radius 2 is 1.43 bits per heavy atom. The van der Waals surface area contributed by atoms with E-state index in [1.54, 1.807) is 12.1 Å². The van der Waals surface area contributed by atoms with Gasteiger partial charge in [-0.15, -0.1) is 0 Å². The van der Waals surface area contributed by atoms with E-state index in [9.17, 15) is 0 Å². The van der Waals surface area contributed by atoms with E-state index in [2.05, 4.69) is 11.5 Å². The quantitative estimate of drug-likeness (QED) is 0.449. The summed E-state index contributed by atoms with van der Waals surface area (Å²) in [5, 5.41) is 17.7. The fraction of sp³-hybridized carbons (Fsp3) is 0. The van der Waals surface area contributed by atoms with Crippen molar-refractivity contribution in [3.05, 3.63) is 65.4 Å². The van der Waals surface area contributed by atoms with Crippen molar-refractivity contribution in [2.45, 2.75) is 0 Å². The van der Waals surface area contributed by atoms with E-state index in [4.69, 9.17) is 22.1 Å². The van der Waals surface area contributed by atoms with E-state index >= 15 is 0 Å². The van der Waals surface area contributed by atoms with E-state index < -0.39 is 0 Å². The highest BCUT2D eigenvalue weighted by Crippen LogP contribution is 2.22. The van der Waals surface area contributed by atoms with Gasteiger partial charge in [-0.3, -0.25) is 0 Å². The number of nitrogens with zero attached hydrogens (tertiary/aromatic N) is 2. The van der Waals surface area contributed by atoms with Crippen molar-refractivity contribution in [3.63, 3.8) is 0 Å². The van der Waals surface area contributed by atoms with Gasteiger partial charge in [0.1, 0.15) is 6.07 Å². The molecule has 0 amide bonds. The summed E-state index contributed by atoms with van der Waals surface area (Å²) < 4.78 is 0. The highest BCUT2D eigenvalue weighted by Gasteiger charge is 2.05. The summed E-state index contributed by atoms with van der Waals surface area (Å²) in [5.41, 5.74) is 11.9. The first-order chi connectivity index (χ1) is 10.2. The van der Waals surface area contributed by atoms with Gasteiger partial charge < -0.3 is 11.2 Å². The molecule has 5 nitrogen and oxygen atoms in total. The number of rotatable bonds is 3. The van der Waals surface area contributed by atoms with Gasteiger partial charge in [0.25, 0.3) is 0 Å². The van der Waals surface area contributed by atoms with Gasteiger partial charge in [-0.2, -0.15) is 10.5 Å². The average Bonchev–Trinajstić information content (AvgIpc) is 2.56. The van der Waals surface area contributed by atoms with Gasteiger partial charge in [0.2, 0.25) is 0 Å². The Morgan fingerprint density at radius 1 is 0.905 bits per heavy atom. The summed E-state index contributed by atoms with van der Waals surface area (Å²) >= 11 is 0. The third-order valence-electron chi connectivity index (χ3n) is 3.07. The summed E-state index contributed by atoms with van der Waals surface area (Å²) in [4.78, 5) is 0. The molecule has 0 unspecified atom stereocenters. The van der Waals surface area contributed by atoms with Crippen LogP contribution in [0.3, 0.4) is 0 Å². The monoisotopic (exact) mass is 275 g/mol. The lowest BCUT2D eigenvalue weighted by Crippen LogP contribution is -2.23. The van der Waals surface area contributed by atoms with Crippen LogP contribution >= 0.6 is 0 Å². The molecule has 0 saturated heterocycles. The largest absolute Gasteiger partial charge is 0.396 e. The first-order valence-electron chi connectivity index (χ1n) is 6.17. The van der Waals surface area contributed by atoms with Crippen molar-refractivity contribution in [3.8, 4) is 23.3 Å². The molecule has 2 aromatic rings. The molecule has 2 aromatic carbocycles. The van der Waals surface area contributed by atoms with Crippen LogP contribution in [0.2, 0.25) is 0 Å². The molecular formula is C16H13N5. The Hall–Kier alpha value is -3.28. The first-order valence-corrected chi connectivity index (χ1v) is 6.17. The maximum Gasteiger partial charge on any atom is 0.151 e. The number of hydrogen-bond donors (Lipinski definition) is 3. The van der Waals surface area contributed by atoms with Crippen molar-refractivity contribution < 1.29 is 0 Å². The fourth-order valence-corrected chi connectivity index (χ4v) is 1.89. The Labute approximate surface area is 122 Å². The van der Waals surface area contributed by atoms with E-state index in [1.807, 2.05) is 42.5 Å². The van der Waals surface area contributed by atoms with Crippen LogP contribution in [0.15, 0.2) is 54.2 Å². The third-order valence-corrected chi connectivity index (χ3v) is 3.07. The van der Waals surface area contributed by atoms with Gasteiger partial charge in [-0.25, -0.2) is 5.84 Å². The second kappa shape index (κ2) is 6.25. The lowest BCUT2D eigenvalue weighted by atomic mass is 10.0. The molecule has 0 fully saturated rings. The van der Waals surface area contributed by atoms with E-state index in [0.29, 0.717) is 16.8 Å². The smallest absolute Gasteiger partial charge is 0.151 e. The highest BCUT2D eigenvalue weighted by atomic mass is 15.2. The molecular weight excluding hydrogens is 262 g/mol. The minimum Gasteiger partial charge on any atom is -0.396 e. The zero-order chi connectivity index (χ0) is 15.2. The lowest BCUT2D eigenvalue weighted by Gasteiger charge is -2.07. The molecule has 0 spiro atoms. The number of nitrogens with one attached hydrogen (secondary N) is 1. The van der Waals surface area contributed by atoms with Crippen LogP contribution < -0.4 is 17.0 Å². The summed E-state index contributed by atoms with van der Waals surface area (Å²) in [6, 6.07) is 18.7. The maximum atomic E-state index is 8.88. The topological polar surface area (TPSA) is 112 Å². The van der Waals surface area contributed by atoms with Crippen molar-refractivity contribution in [1.82, 2.24) is 5.43 Å². The number of allylic oxidation sites excluding steroid dienone is 1. The average molecular weight is 275 g/mol. The van der Waals surface area contributed by atoms with E-state index in [0.717, 1.165) is 11.1 Å². The van der Waals surface area contributed by atoms with Gasteiger partial charge in [0.05, 0.1) is 17.3 Å². The van der Waals surface area contributed by atoms with Crippen LogP contribution in [0.1, 0.15) is 11.1 Å². The lowest BCUT2D eigenvalue weighted by molar-refractivity contribution is 0.920. The SMILES string of the molecule is N#C/C(NN)=C(/N)c1ccc(-c2ccc(C#N)cc2)cc1. The molecule has 0 heterocycles. The normalized spacial score (nSPS) is 11.0. The summed E-state index contributed by atoms with van der Waals surface area (Å²) in [6.45, 7) is 0. The predicted molar refractivity (Wildman–Crippen MR) is 80.6 cm³/mol. The van der Waals surface area contributed by atoms with Gasteiger partial charge in [-0.05, 0) is 23.3 Å². The predicted octanol–water partition coefficient (Wildman–Crippen LogP) is 1.84. The first kappa shape index (κ1) is 14.1. The molecule has 5 heteroatoms. The van der Waals surface area contributed by atoms with Crippen LogP contribution in [0.25, 0.3) is 16.8 Å². The zero-order valence-electron chi connectivity index (χ0n) is 11.2. The van der Waals surface area contributed by atoms with Crippen molar-refractivity contribution >= 4 is 5.70 Å². The van der Waals surface area contributed by atoms with Gasteiger partial charge in [0, 0.05) is 5.56 Å². The molecule has 21 heavy (non-hydrogen) atoms. The van der Waals surface area contributed by atoms with Crippen LogP contribution in [0.4, 0.5) is 0 Å². The second-order valence-corrected chi connectivity index (χ2v) is 4.31. The molecule has 0 atom stereocenters. The maximum absolute atomic E-state index is 8.88. The Kier molecular flexibility index (Phi) is 4.20. The van der Waals surface area contributed by atoms with E-state index in [-0.39, 0.29) is 5.70 Å². The Balaban J connectivity index is 2.33. The molecule has 0 aliphatic rings. The molecule has 102 valence electrons. The van der Waals surface area contributed by atoms with Crippen molar-refractivity contribution in [2.24, 2.45) is 11.6 Å². The van der Waals surface area contributed by atoms with E-state index in [1.165, 1.54) is 0 Å². The van der Waals surface area contributed by atoms with Crippen LogP contribution in [-0.4, -0.2) is 0 Å². The number of benzene rings is 2. The molecule has 0 radical (unpaired) electrons. The van der Waals surface area contributed by atoms with Crippen LogP contribution in [-0.2, 0) is 0 Å². The highest BCUT2D eigenvalue weighted by molar-refractivity contribution is 5.72. The minimum absolute atomic E-state index is 0.126. The van der Waals surface area contributed by atoms with Crippen molar-refractivity contribution in [1.29, 1.82) is 10.5 Å². The number of nitrogens with two attached hydrogens (primary N) is 2. The molecule has 0 bridgehead atoms. The summed E-state index contributed by atoms with van der Waals surface area (Å²) in [7, 11) is 0. The third kappa shape index (κ3) is 3.01. The van der Waals surface area contributed by atoms with Gasteiger partial charge in [0.15, 0.2) is 5.70 Å². The zero-order valence-corrected chi connectivity index (χ0v) is 11.2. The van der Waals surface area contributed by atoms with Gasteiger partial charge >= 0.3 is 0 Å². The molecule has 0 aromatic heterocycles. The minimum atomic E-state index is 0.126. The molecule has 0 aliphatic heterocycles. The number of nitriles is 2. The Bertz CT molecular complexity index is 743. The molecule has 0 aliphatic carbocycles. The van der Waals surface area contributed by atoms with Gasteiger partial charge in [-0.1, -0.05) is 36.4 Å². The van der Waals surface area contributed by atoms with Crippen LogP contribution in [0.5, 0.6) is 0 Å². The summed E-state index contributed by atoms with van der Waals surface area (Å²) in [6.07, 6.45) is 0. The second-order valence-electron chi connectivity index (χ2n) is 4.31. The van der Waals surface area contributed by atoms with Crippen LogP contribution in [0, 0.1) is 22.7 Å². The molecule has 2 rings (SSSR count). The van der Waals surface area contributed by atoms with Crippen molar-refractivity contribution in [2.75, 3.05) is 0 Å². The standard InChI is InChI=1S/C16H13N5/c17-9-11-1-3-12(4-2-11)13-5-7-14(8-6-13)16(19)15(10-18)21-20/h1-8,21H,19-20H2/b16-15-. The Morgan fingerprint density at radius 3 is 1.86 bits per heavy atom. The number of hydrazine groups is 1. The molecule has 5 N–H and O–H groups in total. The fourth-order valence-electron chi connectivity index (χ4n) is 1.89. The molecule has 0 saturated carbocycles. The number of hydrogen-bond acceptors (Lipinski definition) is 5. The summed E-state index contributed by atoms with van der Waals surface area (Å²) in [5.74, 6) is 5.23.